The van der Waals surface area contributed by atoms with E-state index in [0.717, 1.165) is 16.5 Å². The third kappa shape index (κ3) is 3.02. The molecule has 21 heavy (non-hydrogen) atoms. The molecule has 1 aromatic rings. The second kappa shape index (κ2) is 5.64. The summed E-state index contributed by atoms with van der Waals surface area (Å²) in [5.74, 6) is 0.901. The van der Waals surface area contributed by atoms with Crippen molar-refractivity contribution >= 4 is 29.3 Å². The monoisotopic (exact) mass is 305 g/mol. The van der Waals surface area contributed by atoms with E-state index in [2.05, 4.69) is 0 Å². The molecule has 5 heteroatoms. The lowest BCUT2D eigenvalue weighted by atomic mass is 10.1. The van der Waals surface area contributed by atoms with E-state index in [9.17, 15) is 9.59 Å². The van der Waals surface area contributed by atoms with Gasteiger partial charge in [-0.15, -0.1) is 11.3 Å². The molecule has 2 saturated carbocycles. The van der Waals surface area contributed by atoms with Crippen molar-refractivity contribution in [2.24, 2.45) is 17.8 Å². The lowest BCUT2D eigenvalue weighted by Crippen LogP contribution is -2.28. The fraction of sp³-hybridized carbons (Fsp3) is 0.500. The second-order valence-electron chi connectivity index (χ2n) is 6.01. The molecule has 1 aromatic heterocycles. The van der Waals surface area contributed by atoms with E-state index in [1.165, 1.54) is 30.6 Å². The van der Waals surface area contributed by atoms with Crippen molar-refractivity contribution in [2.45, 2.75) is 25.8 Å². The lowest BCUT2D eigenvalue weighted by molar-refractivity contribution is -0.133. The highest BCUT2D eigenvalue weighted by Crippen LogP contribution is 2.58. The van der Waals surface area contributed by atoms with Crippen LogP contribution in [0.5, 0.6) is 0 Å². The van der Waals surface area contributed by atoms with Crippen molar-refractivity contribution in [3.05, 3.63) is 28.0 Å². The van der Waals surface area contributed by atoms with Crippen LogP contribution in [0.4, 0.5) is 0 Å². The molecule has 2 fully saturated rings. The molecule has 1 N–H and O–H groups in total. The number of carbonyl (C=O) groups is 2. The van der Waals surface area contributed by atoms with Crippen LogP contribution in [-0.2, 0) is 16.1 Å². The topological polar surface area (TPSA) is 57.6 Å². The standard InChI is InChI=1S/C16H19NO3S/c1-17(16(20)15-12-3-2-4-13(12)15)8-10-7-11(21-9-10)5-6-14(18)19/h5-7,9,12-13,15H,2-4,8H2,1H3,(H,18,19)/b6-5+. The maximum Gasteiger partial charge on any atom is 0.328 e. The largest absolute Gasteiger partial charge is 0.478 e. The Bertz CT molecular complexity index is 582. The molecule has 2 unspecified atom stereocenters. The summed E-state index contributed by atoms with van der Waals surface area (Å²) in [5, 5.41) is 10.6. The summed E-state index contributed by atoms with van der Waals surface area (Å²) in [5.41, 5.74) is 1.06. The van der Waals surface area contributed by atoms with Crippen LogP contribution in [0.15, 0.2) is 17.5 Å². The van der Waals surface area contributed by atoms with E-state index in [0.29, 0.717) is 18.4 Å². The van der Waals surface area contributed by atoms with Crippen molar-refractivity contribution < 1.29 is 14.7 Å². The average Bonchev–Trinajstić information content (AvgIpc) is 2.84. The molecule has 0 saturated heterocycles. The molecule has 1 heterocycles. The van der Waals surface area contributed by atoms with Crippen LogP contribution < -0.4 is 0 Å². The molecule has 2 atom stereocenters. The van der Waals surface area contributed by atoms with Crippen molar-refractivity contribution in [3.8, 4) is 0 Å². The summed E-state index contributed by atoms with van der Waals surface area (Å²) in [7, 11) is 1.86. The molecule has 2 aliphatic carbocycles. The Kier molecular flexibility index (Phi) is 3.85. The van der Waals surface area contributed by atoms with Crippen LogP contribution >= 0.6 is 11.3 Å². The van der Waals surface area contributed by atoms with Gasteiger partial charge in [0, 0.05) is 30.5 Å². The fourth-order valence-electron chi connectivity index (χ4n) is 3.51. The Morgan fingerprint density at radius 1 is 1.43 bits per heavy atom. The molecular formula is C16H19NO3S. The molecule has 2 aliphatic rings. The molecule has 3 rings (SSSR count). The van der Waals surface area contributed by atoms with Crippen LogP contribution in [0.25, 0.3) is 6.08 Å². The lowest BCUT2D eigenvalue weighted by Gasteiger charge is -2.17. The van der Waals surface area contributed by atoms with Gasteiger partial charge in [0.05, 0.1) is 0 Å². The molecular weight excluding hydrogens is 286 g/mol. The van der Waals surface area contributed by atoms with Gasteiger partial charge >= 0.3 is 5.97 Å². The fourth-order valence-corrected chi connectivity index (χ4v) is 4.31. The third-order valence-electron chi connectivity index (χ3n) is 4.55. The SMILES string of the molecule is CN(Cc1csc(/C=C/C(=O)O)c1)C(=O)C1C2CCCC21. The van der Waals surface area contributed by atoms with Crippen LogP contribution in [0.2, 0.25) is 0 Å². The summed E-state index contributed by atoms with van der Waals surface area (Å²) < 4.78 is 0. The normalized spacial score (nSPS) is 26.8. The predicted octanol–water partition coefficient (Wildman–Crippen LogP) is 2.85. The van der Waals surface area contributed by atoms with Gasteiger partial charge in [-0.2, -0.15) is 0 Å². The molecule has 0 radical (unpaired) electrons. The Morgan fingerprint density at radius 2 is 2.14 bits per heavy atom. The van der Waals surface area contributed by atoms with E-state index in [1.54, 1.807) is 6.08 Å². The first-order valence-corrected chi connectivity index (χ1v) is 8.17. The highest BCUT2D eigenvalue weighted by Gasteiger charge is 2.57. The van der Waals surface area contributed by atoms with Gasteiger partial charge in [-0.25, -0.2) is 4.79 Å². The Balaban J connectivity index is 1.56. The molecule has 0 aliphatic heterocycles. The van der Waals surface area contributed by atoms with Gasteiger partial charge in [-0.3, -0.25) is 4.79 Å². The molecule has 4 nitrogen and oxygen atoms in total. The second-order valence-corrected chi connectivity index (χ2v) is 6.95. The van der Waals surface area contributed by atoms with E-state index < -0.39 is 5.97 Å². The van der Waals surface area contributed by atoms with Gasteiger partial charge < -0.3 is 10.0 Å². The summed E-state index contributed by atoms with van der Waals surface area (Å²) in [6.45, 7) is 0.603. The van der Waals surface area contributed by atoms with E-state index in [4.69, 9.17) is 5.11 Å². The van der Waals surface area contributed by atoms with Crippen molar-refractivity contribution in [1.29, 1.82) is 0 Å². The van der Waals surface area contributed by atoms with Gasteiger partial charge in [0.2, 0.25) is 5.91 Å². The van der Waals surface area contributed by atoms with Gasteiger partial charge in [0.1, 0.15) is 0 Å². The Morgan fingerprint density at radius 3 is 2.81 bits per heavy atom. The quantitative estimate of drug-likeness (QED) is 0.851. The smallest absolute Gasteiger partial charge is 0.328 e. The van der Waals surface area contributed by atoms with Crippen molar-refractivity contribution in [3.63, 3.8) is 0 Å². The van der Waals surface area contributed by atoms with Gasteiger partial charge in [0.25, 0.3) is 0 Å². The Hall–Kier alpha value is -1.62. The molecule has 0 spiro atoms. The first kappa shape index (κ1) is 14.3. The van der Waals surface area contributed by atoms with E-state index >= 15 is 0 Å². The number of hydrogen-bond acceptors (Lipinski definition) is 3. The van der Waals surface area contributed by atoms with Crippen LogP contribution in [0.1, 0.15) is 29.7 Å². The maximum absolute atomic E-state index is 12.4. The number of carboxylic acid groups (broad SMARTS) is 1. The first-order chi connectivity index (χ1) is 10.1. The number of fused-ring (bicyclic) bond motifs is 1. The zero-order valence-electron chi connectivity index (χ0n) is 12.0. The number of nitrogens with zero attached hydrogens (tertiary/aromatic N) is 1. The molecule has 0 aromatic carbocycles. The zero-order chi connectivity index (χ0) is 15.0. The number of rotatable bonds is 5. The van der Waals surface area contributed by atoms with Crippen molar-refractivity contribution in [1.82, 2.24) is 4.90 Å². The van der Waals surface area contributed by atoms with Gasteiger partial charge in [-0.1, -0.05) is 6.42 Å². The maximum atomic E-state index is 12.4. The number of hydrogen-bond donors (Lipinski definition) is 1. The predicted molar refractivity (Wildman–Crippen MR) is 81.8 cm³/mol. The molecule has 0 bridgehead atoms. The van der Waals surface area contributed by atoms with Gasteiger partial charge in [0.15, 0.2) is 0 Å². The minimum atomic E-state index is -0.947. The van der Waals surface area contributed by atoms with Gasteiger partial charge in [-0.05, 0) is 47.8 Å². The van der Waals surface area contributed by atoms with E-state index in [1.807, 2.05) is 23.4 Å². The Labute approximate surface area is 128 Å². The van der Waals surface area contributed by atoms with Crippen LogP contribution in [-0.4, -0.2) is 28.9 Å². The molecule has 1 amide bonds. The van der Waals surface area contributed by atoms with Crippen LogP contribution in [0, 0.1) is 17.8 Å². The summed E-state index contributed by atoms with van der Waals surface area (Å²) in [4.78, 5) is 25.6. The number of aliphatic carboxylic acids is 1. The number of carbonyl (C=O) groups excluding carboxylic acids is 1. The zero-order valence-corrected chi connectivity index (χ0v) is 12.8. The third-order valence-corrected chi connectivity index (χ3v) is 5.50. The highest BCUT2D eigenvalue weighted by molar-refractivity contribution is 7.11. The summed E-state index contributed by atoms with van der Waals surface area (Å²) in [6, 6.07) is 1.95. The highest BCUT2D eigenvalue weighted by atomic mass is 32.1. The van der Waals surface area contributed by atoms with Crippen molar-refractivity contribution in [2.75, 3.05) is 7.05 Å². The van der Waals surface area contributed by atoms with E-state index in [-0.39, 0.29) is 11.8 Å². The number of carboxylic acids is 1. The number of thiophene rings is 1. The average molecular weight is 305 g/mol. The number of amides is 1. The first-order valence-electron chi connectivity index (χ1n) is 7.29. The minimum absolute atomic E-state index is 0.272. The minimum Gasteiger partial charge on any atom is -0.478 e. The van der Waals surface area contributed by atoms with Crippen LogP contribution in [0.3, 0.4) is 0 Å². The summed E-state index contributed by atoms with van der Waals surface area (Å²) >= 11 is 1.50. The summed E-state index contributed by atoms with van der Waals surface area (Å²) in [6.07, 6.45) is 6.45. The molecule has 112 valence electrons.